The molecule has 2 aromatic rings. The summed E-state index contributed by atoms with van der Waals surface area (Å²) in [6, 6.07) is 5.58. The number of ether oxygens (including phenoxy) is 3. The van der Waals surface area contributed by atoms with E-state index in [0.29, 0.717) is 31.2 Å². The molecule has 0 atom stereocenters. The topological polar surface area (TPSA) is 95.7 Å². The number of benzene rings is 1. The van der Waals surface area contributed by atoms with Gasteiger partial charge < -0.3 is 23.9 Å². The molecule has 1 amide bonds. The van der Waals surface area contributed by atoms with Crippen molar-refractivity contribution in [2.75, 3.05) is 27.1 Å². The fourth-order valence-corrected chi connectivity index (χ4v) is 2.14. The van der Waals surface area contributed by atoms with Crippen LogP contribution in [-0.4, -0.2) is 43.2 Å². The van der Waals surface area contributed by atoms with Crippen molar-refractivity contribution in [2.24, 2.45) is 0 Å². The first-order chi connectivity index (χ1) is 11.3. The number of carbonyl (C=O) groups excluding carboxylic acids is 1. The Morgan fingerprint density at radius 2 is 2.17 bits per heavy atom. The average Bonchev–Trinajstić information content (AvgIpc) is 3.20. The molecule has 1 aliphatic rings. The number of fused-ring (bicyclic) bond motifs is 1. The van der Waals surface area contributed by atoms with Gasteiger partial charge in [-0.1, -0.05) is 6.07 Å². The molecule has 0 unspecified atom stereocenters. The lowest BCUT2D eigenvalue weighted by Crippen LogP contribution is -2.25. The molecular formula is C15H17N3O5. The van der Waals surface area contributed by atoms with E-state index in [1.54, 1.807) is 7.11 Å². The summed E-state index contributed by atoms with van der Waals surface area (Å²) in [6.07, 6.45) is 1.14. The number of methoxy groups -OCH3 is 1. The minimum Gasteiger partial charge on any atom is -0.454 e. The molecule has 122 valence electrons. The Labute approximate surface area is 132 Å². The molecule has 1 aromatic carbocycles. The molecule has 0 aliphatic carbocycles. The van der Waals surface area contributed by atoms with Crippen LogP contribution in [0.4, 0.5) is 0 Å². The minimum atomic E-state index is -0.384. The Hall–Kier alpha value is -2.61. The molecule has 2 heterocycles. The molecule has 8 heteroatoms. The highest BCUT2D eigenvalue weighted by molar-refractivity contribution is 5.89. The van der Waals surface area contributed by atoms with Crippen molar-refractivity contribution in [3.05, 3.63) is 35.5 Å². The van der Waals surface area contributed by atoms with Crippen LogP contribution in [0.15, 0.2) is 22.6 Å². The Morgan fingerprint density at radius 3 is 3.04 bits per heavy atom. The maximum Gasteiger partial charge on any atom is 0.308 e. The van der Waals surface area contributed by atoms with Gasteiger partial charge in [-0.05, 0) is 24.1 Å². The van der Waals surface area contributed by atoms with Gasteiger partial charge in [0.15, 0.2) is 11.5 Å². The van der Waals surface area contributed by atoms with Crippen LogP contribution < -0.4 is 14.8 Å². The van der Waals surface area contributed by atoms with Crippen LogP contribution in [0.5, 0.6) is 11.5 Å². The highest BCUT2D eigenvalue weighted by atomic mass is 16.7. The zero-order valence-electron chi connectivity index (χ0n) is 12.7. The number of nitrogens with zero attached hydrogens (tertiary/aromatic N) is 2. The van der Waals surface area contributed by atoms with Crippen molar-refractivity contribution in [1.82, 2.24) is 15.5 Å². The van der Waals surface area contributed by atoms with Gasteiger partial charge in [0, 0.05) is 20.3 Å². The van der Waals surface area contributed by atoms with E-state index in [1.807, 2.05) is 18.2 Å². The lowest BCUT2D eigenvalue weighted by molar-refractivity contribution is 0.0912. The molecule has 0 fully saturated rings. The second-order valence-electron chi connectivity index (χ2n) is 4.97. The van der Waals surface area contributed by atoms with E-state index in [4.69, 9.17) is 18.6 Å². The van der Waals surface area contributed by atoms with Crippen LogP contribution in [-0.2, 0) is 11.2 Å². The SMILES string of the molecule is COCCCNC(=O)c1nnc(Cc2ccc3c(c2)OCO3)o1. The molecular weight excluding hydrogens is 302 g/mol. The number of nitrogens with one attached hydrogen (secondary N) is 1. The van der Waals surface area contributed by atoms with Crippen LogP contribution in [0.3, 0.4) is 0 Å². The van der Waals surface area contributed by atoms with Crippen LogP contribution in [0.1, 0.15) is 28.6 Å². The summed E-state index contributed by atoms with van der Waals surface area (Å²) in [7, 11) is 1.61. The molecule has 23 heavy (non-hydrogen) atoms. The molecule has 1 aromatic heterocycles. The van der Waals surface area contributed by atoms with Gasteiger partial charge >= 0.3 is 11.8 Å². The zero-order valence-corrected chi connectivity index (χ0v) is 12.7. The standard InChI is InChI=1S/C15H17N3O5/c1-20-6-2-5-16-14(19)15-18-17-13(23-15)8-10-3-4-11-12(7-10)22-9-21-11/h3-4,7H,2,5-6,8-9H2,1H3,(H,16,19). The molecule has 1 aliphatic heterocycles. The van der Waals surface area contributed by atoms with Gasteiger partial charge in [-0.3, -0.25) is 4.79 Å². The van der Waals surface area contributed by atoms with Crippen molar-refractivity contribution < 1.29 is 23.4 Å². The third-order valence-corrected chi connectivity index (χ3v) is 3.26. The highest BCUT2D eigenvalue weighted by Crippen LogP contribution is 2.32. The summed E-state index contributed by atoms with van der Waals surface area (Å²) < 4.78 is 20.9. The van der Waals surface area contributed by atoms with Gasteiger partial charge in [-0.2, -0.15) is 0 Å². The van der Waals surface area contributed by atoms with Gasteiger partial charge in [0.1, 0.15) is 0 Å². The number of aromatic nitrogens is 2. The third-order valence-electron chi connectivity index (χ3n) is 3.26. The van der Waals surface area contributed by atoms with Crippen molar-refractivity contribution in [3.63, 3.8) is 0 Å². The average molecular weight is 319 g/mol. The van der Waals surface area contributed by atoms with Crippen molar-refractivity contribution in [3.8, 4) is 11.5 Å². The second-order valence-corrected chi connectivity index (χ2v) is 4.97. The highest BCUT2D eigenvalue weighted by Gasteiger charge is 2.17. The monoisotopic (exact) mass is 319 g/mol. The van der Waals surface area contributed by atoms with Crippen LogP contribution in [0, 0.1) is 0 Å². The van der Waals surface area contributed by atoms with E-state index in [-0.39, 0.29) is 18.6 Å². The van der Waals surface area contributed by atoms with E-state index in [0.717, 1.165) is 17.7 Å². The molecule has 0 saturated heterocycles. The maximum absolute atomic E-state index is 11.8. The molecule has 3 rings (SSSR count). The molecule has 0 bridgehead atoms. The summed E-state index contributed by atoms with van der Waals surface area (Å²) in [5.41, 5.74) is 0.935. The zero-order chi connectivity index (χ0) is 16.1. The third kappa shape index (κ3) is 3.78. The van der Waals surface area contributed by atoms with E-state index < -0.39 is 0 Å². The summed E-state index contributed by atoms with van der Waals surface area (Å²) in [4.78, 5) is 11.8. The minimum absolute atomic E-state index is 0.0434. The van der Waals surface area contributed by atoms with Crippen LogP contribution >= 0.6 is 0 Å². The summed E-state index contributed by atoms with van der Waals surface area (Å²) in [6.45, 7) is 1.30. The molecule has 1 N–H and O–H groups in total. The normalized spacial score (nSPS) is 12.4. The molecule has 0 saturated carbocycles. The number of hydrogen-bond acceptors (Lipinski definition) is 7. The van der Waals surface area contributed by atoms with Crippen molar-refractivity contribution >= 4 is 5.91 Å². The molecule has 0 spiro atoms. The predicted octanol–water partition coefficient (Wildman–Crippen LogP) is 1.16. The van der Waals surface area contributed by atoms with Gasteiger partial charge in [0.25, 0.3) is 0 Å². The lowest BCUT2D eigenvalue weighted by Gasteiger charge is -2.01. The van der Waals surface area contributed by atoms with Crippen molar-refractivity contribution in [2.45, 2.75) is 12.8 Å². The predicted molar refractivity (Wildman–Crippen MR) is 78.5 cm³/mol. The number of hydrogen-bond donors (Lipinski definition) is 1. The summed E-state index contributed by atoms with van der Waals surface area (Å²) in [5.74, 6) is 1.35. The largest absolute Gasteiger partial charge is 0.454 e. The summed E-state index contributed by atoms with van der Waals surface area (Å²) in [5, 5.41) is 10.4. The first-order valence-corrected chi connectivity index (χ1v) is 7.24. The molecule has 0 radical (unpaired) electrons. The Morgan fingerprint density at radius 1 is 1.30 bits per heavy atom. The maximum atomic E-state index is 11.8. The van der Waals surface area contributed by atoms with Crippen LogP contribution in [0.25, 0.3) is 0 Å². The van der Waals surface area contributed by atoms with E-state index in [2.05, 4.69) is 15.5 Å². The van der Waals surface area contributed by atoms with Gasteiger partial charge in [-0.15, -0.1) is 10.2 Å². The Kier molecular flexibility index (Phi) is 4.72. The number of amides is 1. The van der Waals surface area contributed by atoms with Gasteiger partial charge in [0.05, 0.1) is 6.42 Å². The quantitative estimate of drug-likeness (QED) is 0.765. The van der Waals surface area contributed by atoms with Crippen LogP contribution in [0.2, 0.25) is 0 Å². The fraction of sp³-hybridized carbons (Fsp3) is 0.400. The smallest absolute Gasteiger partial charge is 0.308 e. The first kappa shape index (κ1) is 15.3. The lowest BCUT2D eigenvalue weighted by atomic mass is 10.1. The fourth-order valence-electron chi connectivity index (χ4n) is 2.14. The Balaban J connectivity index is 1.57. The number of rotatable bonds is 7. The van der Waals surface area contributed by atoms with E-state index in [1.165, 1.54) is 0 Å². The first-order valence-electron chi connectivity index (χ1n) is 7.24. The Bertz CT molecular complexity index is 686. The van der Waals surface area contributed by atoms with E-state index >= 15 is 0 Å². The van der Waals surface area contributed by atoms with E-state index in [9.17, 15) is 4.79 Å². The molecule has 8 nitrogen and oxygen atoms in total. The number of carbonyl (C=O) groups is 1. The second kappa shape index (κ2) is 7.10. The van der Waals surface area contributed by atoms with Gasteiger partial charge in [-0.25, -0.2) is 0 Å². The van der Waals surface area contributed by atoms with Crippen molar-refractivity contribution in [1.29, 1.82) is 0 Å². The van der Waals surface area contributed by atoms with Gasteiger partial charge in [0.2, 0.25) is 12.7 Å². The summed E-state index contributed by atoms with van der Waals surface area (Å²) >= 11 is 0.